The van der Waals surface area contributed by atoms with E-state index in [1.165, 1.54) is 30.1 Å². The highest BCUT2D eigenvalue weighted by Gasteiger charge is 2.18. The van der Waals surface area contributed by atoms with Crippen LogP contribution in [0.5, 0.6) is 0 Å². The summed E-state index contributed by atoms with van der Waals surface area (Å²) in [6.07, 6.45) is 3.37. The summed E-state index contributed by atoms with van der Waals surface area (Å²) in [5, 5.41) is 4.04. The van der Waals surface area contributed by atoms with Crippen molar-refractivity contribution in [2.24, 2.45) is 0 Å². The molecule has 1 heterocycles. The molecule has 0 saturated carbocycles. The van der Waals surface area contributed by atoms with Gasteiger partial charge in [0.05, 0.1) is 6.20 Å². The highest BCUT2D eigenvalue weighted by molar-refractivity contribution is 7.98. The van der Waals surface area contributed by atoms with Gasteiger partial charge >= 0.3 is 0 Å². The second-order valence-corrected chi connectivity index (χ2v) is 6.57. The zero-order valence-corrected chi connectivity index (χ0v) is 15.2. The molecule has 2 aromatic carbocycles. The number of hydrogen-bond acceptors (Lipinski definition) is 3. The number of imidazole rings is 1. The SMILES string of the molecule is CSc1ncc(C(=O)Nc2cc(Cl)ccc2C)n1-c1ccc(F)cc1. The molecule has 1 N–H and O–H groups in total. The van der Waals surface area contributed by atoms with Gasteiger partial charge in [-0.15, -0.1) is 0 Å². The molecule has 128 valence electrons. The third-order valence-electron chi connectivity index (χ3n) is 3.68. The number of halogens is 2. The highest BCUT2D eigenvalue weighted by Crippen LogP contribution is 2.24. The van der Waals surface area contributed by atoms with Crippen LogP contribution in [0, 0.1) is 12.7 Å². The molecule has 1 aromatic heterocycles. The van der Waals surface area contributed by atoms with Crippen molar-refractivity contribution in [1.82, 2.24) is 9.55 Å². The third-order valence-corrected chi connectivity index (χ3v) is 4.57. The van der Waals surface area contributed by atoms with Gasteiger partial charge in [0, 0.05) is 16.4 Å². The predicted molar refractivity (Wildman–Crippen MR) is 99.4 cm³/mol. The number of hydrogen-bond donors (Lipinski definition) is 1. The Hall–Kier alpha value is -2.31. The Bertz CT molecular complexity index is 925. The summed E-state index contributed by atoms with van der Waals surface area (Å²) in [7, 11) is 0. The summed E-state index contributed by atoms with van der Waals surface area (Å²) < 4.78 is 14.9. The molecule has 7 heteroatoms. The van der Waals surface area contributed by atoms with Gasteiger partial charge in [-0.05, 0) is 55.1 Å². The maximum atomic E-state index is 13.2. The zero-order chi connectivity index (χ0) is 18.0. The van der Waals surface area contributed by atoms with Crippen molar-refractivity contribution in [3.05, 3.63) is 70.8 Å². The summed E-state index contributed by atoms with van der Waals surface area (Å²) in [5.41, 5.74) is 2.55. The number of rotatable bonds is 4. The van der Waals surface area contributed by atoms with E-state index in [2.05, 4.69) is 10.3 Å². The zero-order valence-electron chi connectivity index (χ0n) is 13.6. The first kappa shape index (κ1) is 17.5. The molecule has 0 aliphatic carbocycles. The standard InChI is InChI=1S/C18H15ClFN3OS/c1-11-3-4-12(19)9-15(11)22-17(24)16-10-21-18(25-2)23(16)14-7-5-13(20)6-8-14/h3-10H,1-2H3,(H,22,24). The number of amides is 1. The van der Waals surface area contributed by atoms with Gasteiger partial charge in [-0.25, -0.2) is 9.37 Å². The average molecular weight is 376 g/mol. The molecule has 0 unspecified atom stereocenters. The first-order valence-corrected chi connectivity index (χ1v) is 9.05. The molecule has 0 aliphatic heterocycles. The van der Waals surface area contributed by atoms with Crippen LogP contribution in [-0.2, 0) is 0 Å². The van der Waals surface area contributed by atoms with E-state index in [9.17, 15) is 9.18 Å². The topological polar surface area (TPSA) is 46.9 Å². The van der Waals surface area contributed by atoms with Crippen LogP contribution < -0.4 is 5.32 Å². The van der Waals surface area contributed by atoms with Gasteiger partial charge in [0.15, 0.2) is 5.16 Å². The lowest BCUT2D eigenvalue weighted by Gasteiger charge is -2.12. The Morgan fingerprint density at radius 3 is 2.64 bits per heavy atom. The number of thioether (sulfide) groups is 1. The molecule has 0 spiro atoms. The molecule has 3 rings (SSSR count). The smallest absolute Gasteiger partial charge is 0.274 e. The van der Waals surface area contributed by atoms with Crippen molar-refractivity contribution in [2.75, 3.05) is 11.6 Å². The van der Waals surface area contributed by atoms with E-state index in [-0.39, 0.29) is 11.7 Å². The largest absolute Gasteiger partial charge is 0.320 e. The van der Waals surface area contributed by atoms with Gasteiger partial charge in [0.2, 0.25) is 0 Å². The fourth-order valence-electron chi connectivity index (χ4n) is 2.39. The maximum Gasteiger partial charge on any atom is 0.274 e. The predicted octanol–water partition coefficient (Wildman–Crippen LogP) is 4.95. The summed E-state index contributed by atoms with van der Waals surface area (Å²) in [4.78, 5) is 17.1. The minimum Gasteiger partial charge on any atom is -0.320 e. The van der Waals surface area contributed by atoms with Crippen LogP contribution in [0.15, 0.2) is 53.8 Å². The molecule has 4 nitrogen and oxygen atoms in total. The Kier molecular flexibility index (Phi) is 5.11. The molecule has 1 amide bonds. The van der Waals surface area contributed by atoms with Crippen LogP contribution in [-0.4, -0.2) is 21.7 Å². The number of nitrogens with zero attached hydrogens (tertiary/aromatic N) is 2. The first-order chi connectivity index (χ1) is 12.0. The molecule has 0 atom stereocenters. The van der Waals surface area contributed by atoms with Crippen molar-refractivity contribution >= 4 is 35.0 Å². The van der Waals surface area contributed by atoms with E-state index in [1.807, 2.05) is 19.2 Å². The Labute approximate surface area is 154 Å². The second-order valence-electron chi connectivity index (χ2n) is 5.36. The fourth-order valence-corrected chi connectivity index (χ4v) is 3.11. The summed E-state index contributed by atoms with van der Waals surface area (Å²) in [6.45, 7) is 1.89. The van der Waals surface area contributed by atoms with Crippen molar-refractivity contribution in [2.45, 2.75) is 12.1 Å². The number of benzene rings is 2. The van der Waals surface area contributed by atoms with Gasteiger partial charge in [0.25, 0.3) is 5.91 Å². The lowest BCUT2D eigenvalue weighted by atomic mass is 10.2. The average Bonchev–Trinajstić information content (AvgIpc) is 3.03. The Balaban J connectivity index is 1.99. The quantitative estimate of drug-likeness (QED) is 0.656. The second kappa shape index (κ2) is 7.29. The number of carbonyl (C=O) groups is 1. The molecule has 3 aromatic rings. The van der Waals surface area contributed by atoms with E-state index >= 15 is 0 Å². The van der Waals surface area contributed by atoms with E-state index < -0.39 is 0 Å². The van der Waals surface area contributed by atoms with Crippen LogP contribution in [0.25, 0.3) is 5.69 Å². The number of anilines is 1. The van der Waals surface area contributed by atoms with Crippen molar-refractivity contribution < 1.29 is 9.18 Å². The van der Waals surface area contributed by atoms with Gasteiger partial charge in [-0.2, -0.15) is 0 Å². The molecule has 0 saturated heterocycles. The first-order valence-electron chi connectivity index (χ1n) is 7.45. The van der Waals surface area contributed by atoms with E-state index in [0.29, 0.717) is 27.2 Å². The van der Waals surface area contributed by atoms with E-state index in [4.69, 9.17) is 11.6 Å². The van der Waals surface area contributed by atoms with Gasteiger partial charge in [0.1, 0.15) is 11.5 Å². The van der Waals surface area contributed by atoms with Crippen molar-refractivity contribution in [1.29, 1.82) is 0 Å². The summed E-state index contributed by atoms with van der Waals surface area (Å²) in [6, 6.07) is 11.2. The van der Waals surface area contributed by atoms with Crippen LogP contribution in [0.4, 0.5) is 10.1 Å². The lowest BCUT2D eigenvalue weighted by Crippen LogP contribution is -2.17. The highest BCUT2D eigenvalue weighted by atomic mass is 35.5. The van der Waals surface area contributed by atoms with Crippen LogP contribution in [0.2, 0.25) is 5.02 Å². The van der Waals surface area contributed by atoms with Crippen LogP contribution in [0.1, 0.15) is 16.1 Å². The monoisotopic (exact) mass is 375 g/mol. The number of carbonyl (C=O) groups excluding carboxylic acids is 1. The molecule has 25 heavy (non-hydrogen) atoms. The molecular weight excluding hydrogens is 361 g/mol. The van der Waals surface area contributed by atoms with Crippen LogP contribution in [0.3, 0.4) is 0 Å². The summed E-state index contributed by atoms with van der Waals surface area (Å²) in [5.74, 6) is -0.655. The molecule has 0 radical (unpaired) electrons. The molecule has 0 aliphatic rings. The molecular formula is C18H15ClFN3OS. The number of nitrogens with one attached hydrogen (secondary N) is 1. The van der Waals surface area contributed by atoms with Gasteiger partial charge in [-0.1, -0.05) is 29.4 Å². The molecule has 0 fully saturated rings. The lowest BCUT2D eigenvalue weighted by molar-refractivity contribution is 0.102. The van der Waals surface area contributed by atoms with Gasteiger partial charge < -0.3 is 5.32 Å². The van der Waals surface area contributed by atoms with Gasteiger partial charge in [-0.3, -0.25) is 9.36 Å². The van der Waals surface area contributed by atoms with Crippen molar-refractivity contribution in [3.8, 4) is 5.69 Å². The van der Waals surface area contributed by atoms with Crippen molar-refractivity contribution in [3.63, 3.8) is 0 Å². The minimum absolute atomic E-state index is 0.317. The minimum atomic E-state index is -0.338. The fraction of sp³-hybridized carbons (Fsp3) is 0.111. The number of aromatic nitrogens is 2. The van der Waals surface area contributed by atoms with E-state index in [1.54, 1.807) is 28.8 Å². The van der Waals surface area contributed by atoms with E-state index in [0.717, 1.165) is 5.56 Å². The maximum absolute atomic E-state index is 13.2. The van der Waals surface area contributed by atoms with Crippen LogP contribution >= 0.6 is 23.4 Å². The molecule has 0 bridgehead atoms. The Morgan fingerprint density at radius 1 is 1.24 bits per heavy atom. The third kappa shape index (κ3) is 3.70. The normalized spacial score (nSPS) is 10.7. The number of aryl methyl sites for hydroxylation is 1. The summed E-state index contributed by atoms with van der Waals surface area (Å²) >= 11 is 7.41. The Morgan fingerprint density at radius 2 is 1.96 bits per heavy atom.